The Morgan fingerprint density at radius 3 is 1.40 bits per heavy atom. The largest absolute Gasteiger partial charge is 0.478 e. The van der Waals surface area contributed by atoms with Gasteiger partial charge in [-0.05, 0) is 85.3 Å². The Bertz CT molecular complexity index is 1530. The fraction of sp³-hybridized carbons (Fsp3) is 0.0882. The molecule has 0 aromatic heterocycles. The number of carboxylic acid groups (broad SMARTS) is 1. The standard InChI is InChI=1S/C27H26N2O2.C7H8N2O2/c1-2-23(24-7-3-5-9-26(24)30-21-15-11-19(28)12-16-21)25-8-4-6-10-27(25)31-22-17-13-20(29)14-18-22;8-5-1-4(7(10)11)2-6(9)3-5/h3-18,23H,2,28-29H2,1H3;1-3H,8-9H2,(H,10,11). The Kier molecular flexibility index (Phi) is 9.53. The van der Waals surface area contributed by atoms with Crippen molar-refractivity contribution in [1.82, 2.24) is 0 Å². The molecular formula is C34H34N4O4. The predicted molar refractivity (Wildman–Crippen MR) is 169 cm³/mol. The van der Waals surface area contributed by atoms with Gasteiger partial charge in [0.2, 0.25) is 0 Å². The van der Waals surface area contributed by atoms with E-state index in [1.54, 1.807) is 0 Å². The number of hydrogen-bond donors (Lipinski definition) is 5. The summed E-state index contributed by atoms with van der Waals surface area (Å²) in [7, 11) is 0. The lowest BCUT2D eigenvalue weighted by molar-refractivity contribution is 0.0697. The van der Waals surface area contributed by atoms with Crippen molar-refractivity contribution in [3.05, 3.63) is 132 Å². The fourth-order valence-corrected chi connectivity index (χ4v) is 4.46. The van der Waals surface area contributed by atoms with Gasteiger partial charge in [0.05, 0.1) is 5.56 Å². The zero-order chi connectivity index (χ0) is 30.1. The van der Waals surface area contributed by atoms with Crippen molar-refractivity contribution in [3.63, 3.8) is 0 Å². The minimum Gasteiger partial charge on any atom is -0.478 e. The zero-order valence-corrected chi connectivity index (χ0v) is 23.2. The van der Waals surface area contributed by atoms with Gasteiger partial charge in [0.1, 0.15) is 23.0 Å². The lowest BCUT2D eigenvalue weighted by atomic mass is 9.88. The summed E-state index contributed by atoms with van der Waals surface area (Å²) in [5.41, 5.74) is 26.8. The number of aromatic carboxylic acids is 1. The molecule has 0 heterocycles. The van der Waals surface area contributed by atoms with Crippen molar-refractivity contribution in [2.24, 2.45) is 0 Å². The minimum absolute atomic E-state index is 0.106. The third-order valence-electron chi connectivity index (χ3n) is 6.44. The molecule has 0 aliphatic heterocycles. The van der Waals surface area contributed by atoms with Crippen LogP contribution in [0.5, 0.6) is 23.0 Å². The van der Waals surface area contributed by atoms with E-state index >= 15 is 0 Å². The molecule has 5 aromatic rings. The van der Waals surface area contributed by atoms with Crippen LogP contribution in [0.3, 0.4) is 0 Å². The van der Waals surface area contributed by atoms with Crippen molar-refractivity contribution in [3.8, 4) is 23.0 Å². The van der Waals surface area contributed by atoms with E-state index in [9.17, 15) is 4.79 Å². The van der Waals surface area contributed by atoms with E-state index < -0.39 is 5.97 Å². The van der Waals surface area contributed by atoms with Gasteiger partial charge in [0, 0.05) is 39.8 Å². The molecule has 5 aromatic carbocycles. The molecule has 0 aliphatic rings. The normalized spacial score (nSPS) is 10.4. The quantitative estimate of drug-likeness (QED) is 0.121. The Labute approximate surface area is 245 Å². The van der Waals surface area contributed by atoms with E-state index in [0.29, 0.717) is 22.7 Å². The van der Waals surface area contributed by atoms with Gasteiger partial charge in [-0.25, -0.2) is 4.79 Å². The number of rotatable bonds is 8. The molecule has 42 heavy (non-hydrogen) atoms. The first-order valence-corrected chi connectivity index (χ1v) is 13.4. The summed E-state index contributed by atoms with van der Waals surface area (Å²) < 4.78 is 12.5. The average molecular weight is 563 g/mol. The van der Waals surface area contributed by atoms with Gasteiger partial charge in [-0.1, -0.05) is 43.3 Å². The van der Waals surface area contributed by atoms with Gasteiger partial charge in [-0.2, -0.15) is 0 Å². The molecule has 0 atom stereocenters. The van der Waals surface area contributed by atoms with E-state index in [1.807, 2.05) is 84.9 Å². The van der Waals surface area contributed by atoms with Gasteiger partial charge in [-0.3, -0.25) is 0 Å². The zero-order valence-electron chi connectivity index (χ0n) is 23.2. The molecule has 8 heteroatoms. The highest BCUT2D eigenvalue weighted by molar-refractivity contribution is 5.90. The Balaban J connectivity index is 0.000000310. The van der Waals surface area contributed by atoms with Crippen LogP contribution in [0, 0.1) is 0 Å². The van der Waals surface area contributed by atoms with Gasteiger partial charge < -0.3 is 37.5 Å². The molecule has 0 aliphatic carbocycles. The highest BCUT2D eigenvalue weighted by Gasteiger charge is 2.21. The van der Waals surface area contributed by atoms with Crippen molar-refractivity contribution in [2.45, 2.75) is 19.3 Å². The van der Waals surface area contributed by atoms with E-state index in [2.05, 4.69) is 19.1 Å². The molecular weight excluding hydrogens is 528 g/mol. The van der Waals surface area contributed by atoms with Crippen LogP contribution >= 0.6 is 0 Å². The molecule has 0 spiro atoms. The van der Waals surface area contributed by atoms with Crippen LogP contribution in [0.25, 0.3) is 0 Å². The summed E-state index contributed by atoms with van der Waals surface area (Å²) in [6.45, 7) is 2.17. The number of ether oxygens (including phenoxy) is 2. The van der Waals surface area contributed by atoms with Crippen molar-refractivity contribution in [1.29, 1.82) is 0 Å². The number of hydrogen-bond acceptors (Lipinski definition) is 7. The molecule has 0 unspecified atom stereocenters. The monoisotopic (exact) mass is 562 g/mol. The van der Waals surface area contributed by atoms with Crippen molar-refractivity contribution < 1.29 is 19.4 Å². The summed E-state index contributed by atoms with van der Waals surface area (Å²) in [5, 5.41) is 8.52. The lowest BCUT2D eigenvalue weighted by Gasteiger charge is -2.22. The number of para-hydroxylation sites is 2. The van der Waals surface area contributed by atoms with Crippen LogP contribution < -0.4 is 32.4 Å². The first-order chi connectivity index (χ1) is 20.2. The van der Waals surface area contributed by atoms with Crippen molar-refractivity contribution >= 4 is 28.7 Å². The number of nitrogens with two attached hydrogens (primary N) is 4. The van der Waals surface area contributed by atoms with E-state index in [-0.39, 0.29) is 11.5 Å². The Morgan fingerprint density at radius 1 is 0.619 bits per heavy atom. The maximum Gasteiger partial charge on any atom is 0.335 e. The van der Waals surface area contributed by atoms with Crippen LogP contribution in [-0.2, 0) is 0 Å². The molecule has 214 valence electrons. The maximum absolute atomic E-state index is 10.4. The van der Waals surface area contributed by atoms with Crippen LogP contribution in [0.15, 0.2) is 115 Å². The minimum atomic E-state index is -1.02. The molecule has 0 radical (unpaired) electrons. The SMILES string of the molecule is CCC(c1ccccc1Oc1ccc(N)cc1)c1ccccc1Oc1ccc(N)cc1.Nc1cc(N)cc(C(=O)O)c1. The molecule has 0 fully saturated rings. The first-order valence-electron chi connectivity index (χ1n) is 13.4. The molecule has 0 amide bonds. The second kappa shape index (κ2) is 13.6. The number of nitrogen functional groups attached to an aromatic ring is 4. The molecule has 9 N–H and O–H groups in total. The topological polar surface area (TPSA) is 160 Å². The van der Waals surface area contributed by atoms with E-state index in [0.717, 1.165) is 40.5 Å². The molecule has 0 saturated carbocycles. The van der Waals surface area contributed by atoms with Crippen LogP contribution in [0.2, 0.25) is 0 Å². The average Bonchev–Trinajstić information content (AvgIpc) is 2.97. The third kappa shape index (κ3) is 7.73. The van der Waals surface area contributed by atoms with Gasteiger partial charge in [0.15, 0.2) is 0 Å². The van der Waals surface area contributed by atoms with Crippen molar-refractivity contribution in [2.75, 3.05) is 22.9 Å². The van der Waals surface area contributed by atoms with E-state index in [4.69, 9.17) is 37.5 Å². The summed E-state index contributed by atoms with van der Waals surface area (Å²) in [5.74, 6) is 2.23. The number of carbonyl (C=O) groups is 1. The number of benzene rings is 5. The summed E-state index contributed by atoms with van der Waals surface area (Å²) in [6.07, 6.45) is 0.893. The van der Waals surface area contributed by atoms with Crippen LogP contribution in [-0.4, -0.2) is 11.1 Å². The summed E-state index contributed by atoms with van der Waals surface area (Å²) in [4.78, 5) is 10.4. The smallest absolute Gasteiger partial charge is 0.335 e. The van der Waals surface area contributed by atoms with Gasteiger partial charge in [0.25, 0.3) is 0 Å². The number of carboxylic acids is 1. The number of anilines is 4. The summed E-state index contributed by atoms with van der Waals surface area (Å²) in [6, 6.07) is 35.4. The van der Waals surface area contributed by atoms with Gasteiger partial charge >= 0.3 is 5.97 Å². The molecule has 5 rings (SSSR count). The summed E-state index contributed by atoms with van der Waals surface area (Å²) >= 11 is 0. The second-order valence-electron chi connectivity index (χ2n) is 9.57. The predicted octanol–water partition coefficient (Wildman–Crippen LogP) is 7.53. The van der Waals surface area contributed by atoms with E-state index in [1.165, 1.54) is 18.2 Å². The lowest BCUT2D eigenvalue weighted by Crippen LogP contribution is -2.04. The first kappa shape index (κ1) is 29.4. The molecule has 0 saturated heterocycles. The van der Waals surface area contributed by atoms with Crippen LogP contribution in [0.4, 0.5) is 22.7 Å². The van der Waals surface area contributed by atoms with Gasteiger partial charge in [-0.15, -0.1) is 0 Å². The van der Waals surface area contributed by atoms with Crippen LogP contribution in [0.1, 0.15) is 40.7 Å². The second-order valence-corrected chi connectivity index (χ2v) is 9.57. The third-order valence-corrected chi connectivity index (χ3v) is 6.44. The highest BCUT2D eigenvalue weighted by Crippen LogP contribution is 2.41. The highest BCUT2D eigenvalue weighted by atomic mass is 16.5. The molecule has 8 nitrogen and oxygen atoms in total. The fourth-order valence-electron chi connectivity index (χ4n) is 4.46. The molecule has 0 bridgehead atoms. The Morgan fingerprint density at radius 2 is 1.02 bits per heavy atom. The maximum atomic E-state index is 10.4. The Hall–Kier alpha value is -5.63.